The van der Waals surface area contributed by atoms with Crippen LogP contribution in [0.3, 0.4) is 0 Å². The molecule has 1 aromatic heterocycles. The molecule has 6 nitrogen and oxygen atoms in total. The zero-order chi connectivity index (χ0) is 23.1. The van der Waals surface area contributed by atoms with Crippen LogP contribution in [0.25, 0.3) is 10.6 Å². The molecule has 0 aliphatic carbocycles. The topological polar surface area (TPSA) is 74.3 Å². The lowest BCUT2D eigenvalue weighted by Crippen LogP contribution is -2.47. The van der Waals surface area contributed by atoms with Gasteiger partial charge in [0.2, 0.25) is 11.8 Å². The quantitative estimate of drug-likeness (QED) is 0.622. The minimum absolute atomic E-state index is 0.0294. The molecule has 2 N–H and O–H groups in total. The maximum absolute atomic E-state index is 12.7. The third kappa shape index (κ3) is 7.03. The molecule has 1 saturated heterocycles. The minimum Gasteiger partial charge on any atom is -0.355 e. The summed E-state index contributed by atoms with van der Waals surface area (Å²) in [6.45, 7) is 4.57. The number of hydrogen-bond acceptors (Lipinski definition) is 5. The van der Waals surface area contributed by atoms with Crippen LogP contribution in [-0.2, 0) is 22.2 Å². The first-order valence-electron chi connectivity index (χ1n) is 10.6. The summed E-state index contributed by atoms with van der Waals surface area (Å²) in [6, 6.07) is 4.90. The second-order valence-corrected chi connectivity index (χ2v) is 8.72. The summed E-state index contributed by atoms with van der Waals surface area (Å²) in [5, 5.41) is 8.22. The maximum Gasteiger partial charge on any atom is 0.416 e. The summed E-state index contributed by atoms with van der Waals surface area (Å²) in [7, 11) is 0. The van der Waals surface area contributed by atoms with E-state index in [1.807, 2.05) is 6.92 Å². The van der Waals surface area contributed by atoms with Crippen molar-refractivity contribution in [1.82, 2.24) is 20.5 Å². The van der Waals surface area contributed by atoms with E-state index in [4.69, 9.17) is 0 Å². The molecule has 0 saturated carbocycles. The number of nitrogens with zero attached hydrogens (tertiary/aromatic N) is 2. The van der Waals surface area contributed by atoms with Crippen molar-refractivity contribution in [3.8, 4) is 10.6 Å². The van der Waals surface area contributed by atoms with E-state index in [1.54, 1.807) is 5.38 Å². The van der Waals surface area contributed by atoms with Gasteiger partial charge in [-0.1, -0.05) is 19.1 Å². The minimum atomic E-state index is -4.37. The first-order valence-corrected chi connectivity index (χ1v) is 11.5. The van der Waals surface area contributed by atoms with Gasteiger partial charge in [0.25, 0.3) is 0 Å². The summed E-state index contributed by atoms with van der Waals surface area (Å²) in [5.74, 6) is -0.102. The molecule has 2 aromatic rings. The van der Waals surface area contributed by atoms with Crippen LogP contribution < -0.4 is 10.6 Å². The summed E-state index contributed by atoms with van der Waals surface area (Å²) in [4.78, 5) is 30.7. The Bertz CT molecular complexity index is 907. The molecule has 1 aromatic carbocycles. The van der Waals surface area contributed by atoms with Crippen molar-refractivity contribution in [2.45, 2.75) is 44.8 Å². The Morgan fingerprint density at radius 3 is 2.47 bits per heavy atom. The van der Waals surface area contributed by atoms with Gasteiger partial charge in [-0.15, -0.1) is 11.3 Å². The highest BCUT2D eigenvalue weighted by Gasteiger charge is 2.30. The standard InChI is InChI=1S/C22H27F3N4O2S/c1-2-9-26-20(31)13-29-10-7-17(8-11-29)27-19(30)12-18-14-32-21(28-18)15-3-5-16(6-4-15)22(23,24)25/h3-6,14,17H,2,7-13H2,1H3,(H,26,31)(H,27,30). The van der Waals surface area contributed by atoms with E-state index in [-0.39, 0.29) is 24.3 Å². The number of amides is 2. The van der Waals surface area contributed by atoms with E-state index >= 15 is 0 Å². The van der Waals surface area contributed by atoms with Gasteiger partial charge in [0.15, 0.2) is 0 Å². The second-order valence-electron chi connectivity index (χ2n) is 7.86. The van der Waals surface area contributed by atoms with Gasteiger partial charge in [0.05, 0.1) is 24.2 Å². The molecule has 0 bridgehead atoms. The molecule has 174 valence electrons. The van der Waals surface area contributed by atoms with Crippen molar-refractivity contribution in [1.29, 1.82) is 0 Å². The van der Waals surface area contributed by atoms with Crippen LogP contribution in [-0.4, -0.2) is 53.9 Å². The Morgan fingerprint density at radius 1 is 1.16 bits per heavy atom. The number of nitrogens with one attached hydrogen (secondary N) is 2. The molecule has 0 unspecified atom stereocenters. The SMILES string of the molecule is CCCNC(=O)CN1CCC(NC(=O)Cc2csc(-c3ccc(C(F)(F)F)cc3)n2)CC1. The molecular formula is C22H27F3N4O2S. The number of aromatic nitrogens is 1. The normalized spacial score (nSPS) is 15.5. The van der Waals surface area contributed by atoms with E-state index in [9.17, 15) is 22.8 Å². The van der Waals surface area contributed by atoms with Crippen LogP contribution in [0.4, 0.5) is 13.2 Å². The number of thiazole rings is 1. The summed E-state index contributed by atoms with van der Waals surface area (Å²) in [6.07, 6.45) is -1.79. The van der Waals surface area contributed by atoms with Crippen molar-refractivity contribution in [3.05, 3.63) is 40.9 Å². The number of piperidine rings is 1. The third-order valence-corrected chi connectivity index (χ3v) is 6.18. The Morgan fingerprint density at radius 2 is 1.84 bits per heavy atom. The highest BCUT2D eigenvalue weighted by molar-refractivity contribution is 7.13. The lowest BCUT2D eigenvalue weighted by atomic mass is 10.0. The number of carbonyl (C=O) groups is 2. The van der Waals surface area contributed by atoms with E-state index in [2.05, 4.69) is 20.5 Å². The Hall–Kier alpha value is -2.46. The Kier molecular flexibility index (Phi) is 8.25. The fourth-order valence-corrected chi connectivity index (χ4v) is 4.35. The van der Waals surface area contributed by atoms with Crippen LogP contribution in [0, 0.1) is 0 Å². The lowest BCUT2D eigenvalue weighted by Gasteiger charge is -2.31. The second kappa shape index (κ2) is 10.9. The highest BCUT2D eigenvalue weighted by Crippen LogP contribution is 2.31. The molecule has 0 radical (unpaired) electrons. The summed E-state index contributed by atoms with van der Waals surface area (Å²) in [5.41, 5.74) is 0.475. The van der Waals surface area contributed by atoms with E-state index in [0.717, 1.165) is 44.5 Å². The van der Waals surface area contributed by atoms with Gasteiger partial charge in [0.1, 0.15) is 5.01 Å². The summed E-state index contributed by atoms with van der Waals surface area (Å²) >= 11 is 1.30. The van der Waals surface area contributed by atoms with Gasteiger partial charge < -0.3 is 10.6 Å². The van der Waals surface area contributed by atoms with E-state index < -0.39 is 11.7 Å². The smallest absolute Gasteiger partial charge is 0.355 e. The molecular weight excluding hydrogens is 441 g/mol. The predicted octanol–water partition coefficient (Wildman–Crippen LogP) is 3.48. The van der Waals surface area contributed by atoms with Gasteiger partial charge in [-0.05, 0) is 31.4 Å². The molecule has 0 spiro atoms. The molecule has 32 heavy (non-hydrogen) atoms. The molecule has 10 heteroatoms. The Labute approximate surface area is 189 Å². The molecule has 1 aliphatic heterocycles. The van der Waals surface area contributed by atoms with E-state index in [1.165, 1.54) is 23.5 Å². The molecule has 1 aliphatic rings. The first kappa shape index (κ1) is 24.2. The van der Waals surface area contributed by atoms with Gasteiger partial charge in [-0.3, -0.25) is 14.5 Å². The summed E-state index contributed by atoms with van der Waals surface area (Å²) < 4.78 is 38.1. The number of hydrogen-bond donors (Lipinski definition) is 2. The van der Waals surface area contributed by atoms with Gasteiger partial charge in [-0.2, -0.15) is 13.2 Å². The zero-order valence-electron chi connectivity index (χ0n) is 17.9. The largest absolute Gasteiger partial charge is 0.416 e. The van der Waals surface area contributed by atoms with Crippen molar-refractivity contribution >= 4 is 23.2 Å². The van der Waals surface area contributed by atoms with Crippen LogP contribution in [0.2, 0.25) is 0 Å². The molecule has 1 fully saturated rings. The molecule has 3 rings (SSSR count). The van der Waals surface area contributed by atoms with Crippen molar-refractivity contribution in [2.24, 2.45) is 0 Å². The monoisotopic (exact) mass is 468 g/mol. The van der Waals surface area contributed by atoms with Crippen molar-refractivity contribution in [3.63, 3.8) is 0 Å². The van der Waals surface area contributed by atoms with Crippen LogP contribution in [0.1, 0.15) is 37.4 Å². The third-order valence-electron chi connectivity index (χ3n) is 5.24. The van der Waals surface area contributed by atoms with E-state index in [0.29, 0.717) is 29.4 Å². The molecule has 2 heterocycles. The molecule has 2 amide bonds. The number of rotatable bonds is 8. The fourth-order valence-electron chi connectivity index (χ4n) is 3.52. The lowest BCUT2D eigenvalue weighted by molar-refractivity contribution is -0.137. The highest BCUT2D eigenvalue weighted by atomic mass is 32.1. The molecule has 0 atom stereocenters. The van der Waals surface area contributed by atoms with Crippen LogP contribution in [0.5, 0.6) is 0 Å². The van der Waals surface area contributed by atoms with Gasteiger partial charge in [0, 0.05) is 36.6 Å². The van der Waals surface area contributed by atoms with Crippen molar-refractivity contribution in [2.75, 3.05) is 26.2 Å². The zero-order valence-corrected chi connectivity index (χ0v) is 18.7. The number of benzene rings is 1. The van der Waals surface area contributed by atoms with Crippen molar-refractivity contribution < 1.29 is 22.8 Å². The number of likely N-dealkylation sites (tertiary alicyclic amines) is 1. The Balaban J connectivity index is 1.44. The fraction of sp³-hybridized carbons (Fsp3) is 0.500. The van der Waals surface area contributed by atoms with Gasteiger partial charge in [-0.25, -0.2) is 4.98 Å². The predicted molar refractivity (Wildman–Crippen MR) is 117 cm³/mol. The average Bonchev–Trinajstić information content (AvgIpc) is 3.21. The maximum atomic E-state index is 12.7. The number of carbonyl (C=O) groups excluding carboxylic acids is 2. The van der Waals surface area contributed by atoms with Gasteiger partial charge >= 0.3 is 6.18 Å². The first-order chi connectivity index (χ1) is 15.2. The average molecular weight is 469 g/mol. The van der Waals surface area contributed by atoms with Crippen LogP contribution >= 0.6 is 11.3 Å². The number of alkyl halides is 3. The van der Waals surface area contributed by atoms with Crippen LogP contribution in [0.15, 0.2) is 29.6 Å². The number of halogens is 3.